The van der Waals surface area contributed by atoms with Crippen molar-refractivity contribution in [1.29, 1.82) is 0 Å². The molecule has 0 aromatic heterocycles. The highest BCUT2D eigenvalue weighted by atomic mass is 31.1. The van der Waals surface area contributed by atoms with Gasteiger partial charge in [-0.25, -0.2) is 0 Å². The molecule has 0 aliphatic heterocycles. The lowest BCUT2D eigenvalue weighted by molar-refractivity contribution is -0.123. The molecular weight excluding hydrogens is 257 g/mol. The van der Waals surface area contributed by atoms with Crippen molar-refractivity contribution in [2.75, 3.05) is 20.3 Å². The first kappa shape index (κ1) is 14.6. The Bertz CT molecular complexity index is 406. The fourth-order valence-corrected chi connectivity index (χ4v) is 1.53. The normalized spacial score (nSPS) is 10.9. The second-order valence-electron chi connectivity index (χ2n) is 3.46. The van der Waals surface area contributed by atoms with Crippen LogP contribution in [0.15, 0.2) is 24.3 Å². The molecular formula is C11H15NO5P+. The molecule has 0 radical (unpaired) electrons. The van der Waals surface area contributed by atoms with Crippen LogP contribution in [0, 0.1) is 0 Å². The maximum atomic E-state index is 11.1. The number of ether oxygens (including phenoxy) is 1. The number of rotatable bonds is 7. The van der Waals surface area contributed by atoms with E-state index in [4.69, 9.17) is 9.63 Å². The molecule has 0 bridgehead atoms. The van der Waals surface area contributed by atoms with Gasteiger partial charge in [-0.2, -0.15) is 0 Å². The number of carbonyl (C=O) groups is 1. The van der Waals surface area contributed by atoms with Crippen LogP contribution in [-0.2, 0) is 20.3 Å². The predicted octanol–water partition coefficient (Wildman–Crippen LogP) is 1.02. The van der Waals surface area contributed by atoms with Crippen molar-refractivity contribution >= 4 is 14.2 Å². The van der Waals surface area contributed by atoms with E-state index >= 15 is 0 Å². The van der Waals surface area contributed by atoms with Crippen molar-refractivity contribution in [3.8, 4) is 5.75 Å². The molecule has 0 spiro atoms. The summed E-state index contributed by atoms with van der Waals surface area (Å²) in [6.07, 6.45) is 0.668. The second-order valence-corrected chi connectivity index (χ2v) is 4.19. The Morgan fingerprint density at radius 3 is 2.61 bits per heavy atom. The molecule has 1 aromatic rings. The molecule has 0 fully saturated rings. The van der Waals surface area contributed by atoms with Gasteiger partial charge in [0.1, 0.15) is 5.75 Å². The van der Waals surface area contributed by atoms with Gasteiger partial charge < -0.3 is 10.1 Å². The van der Waals surface area contributed by atoms with Crippen LogP contribution in [0.4, 0.5) is 0 Å². The van der Waals surface area contributed by atoms with Crippen LogP contribution in [0.1, 0.15) is 5.56 Å². The van der Waals surface area contributed by atoms with Gasteiger partial charge in [-0.1, -0.05) is 12.1 Å². The Kier molecular flexibility index (Phi) is 6.28. The molecule has 0 saturated heterocycles. The Morgan fingerprint density at radius 1 is 1.39 bits per heavy atom. The van der Waals surface area contributed by atoms with Gasteiger partial charge in [0.05, 0.1) is 7.11 Å². The molecule has 0 aliphatic rings. The summed E-state index contributed by atoms with van der Waals surface area (Å²) in [4.78, 5) is 19.5. The van der Waals surface area contributed by atoms with Gasteiger partial charge in [-0.05, 0) is 24.1 Å². The van der Waals surface area contributed by atoms with Crippen LogP contribution in [0.2, 0.25) is 0 Å². The highest BCUT2D eigenvalue weighted by molar-refractivity contribution is 7.32. The maximum absolute atomic E-state index is 11.1. The summed E-state index contributed by atoms with van der Waals surface area (Å²) in [6.45, 7) is 0.0328. The lowest BCUT2D eigenvalue weighted by Gasteiger charge is -2.04. The molecule has 0 aliphatic carbocycles. The van der Waals surface area contributed by atoms with Crippen LogP contribution in [-0.4, -0.2) is 31.1 Å². The standard InChI is InChI=1S/C11H14NO5P/c1-16-10-4-2-9(3-5-10)6-7-12-11(13)8-17-18(14)15/h2-5H,6-8H2,1H3,(H-,12,13,14,15)/p+1. The molecule has 0 saturated carbocycles. The van der Waals surface area contributed by atoms with Gasteiger partial charge in [0, 0.05) is 11.1 Å². The van der Waals surface area contributed by atoms with Gasteiger partial charge in [-0.15, -0.1) is 9.42 Å². The monoisotopic (exact) mass is 272 g/mol. The first-order valence-corrected chi connectivity index (χ1v) is 6.43. The second kappa shape index (κ2) is 7.76. The average Bonchev–Trinajstić information content (AvgIpc) is 2.37. The maximum Gasteiger partial charge on any atom is 0.695 e. The molecule has 1 rings (SSSR count). The van der Waals surface area contributed by atoms with Crippen molar-refractivity contribution < 1.29 is 23.5 Å². The molecule has 1 amide bonds. The molecule has 98 valence electrons. The van der Waals surface area contributed by atoms with Crippen LogP contribution >= 0.6 is 8.25 Å². The molecule has 1 atom stereocenters. The molecule has 1 unspecified atom stereocenters. The molecule has 6 nitrogen and oxygen atoms in total. The highest BCUT2D eigenvalue weighted by Gasteiger charge is 2.14. The molecule has 2 N–H and O–H groups in total. The topological polar surface area (TPSA) is 84.9 Å². The molecule has 0 heterocycles. The Hall–Kier alpha value is -1.49. The van der Waals surface area contributed by atoms with E-state index in [0.29, 0.717) is 13.0 Å². The number of carbonyl (C=O) groups excluding carboxylic acids is 1. The summed E-state index contributed by atoms with van der Waals surface area (Å²) in [5.74, 6) is 0.365. The summed E-state index contributed by atoms with van der Waals surface area (Å²) in [7, 11) is -1.12. The van der Waals surface area contributed by atoms with E-state index in [-0.39, 0.29) is 0 Å². The van der Waals surface area contributed by atoms with Gasteiger partial charge >= 0.3 is 8.25 Å². The van der Waals surface area contributed by atoms with E-state index in [1.54, 1.807) is 7.11 Å². The van der Waals surface area contributed by atoms with E-state index < -0.39 is 20.8 Å². The van der Waals surface area contributed by atoms with E-state index in [0.717, 1.165) is 11.3 Å². The minimum Gasteiger partial charge on any atom is -0.497 e. The molecule has 1 aromatic carbocycles. The van der Waals surface area contributed by atoms with Gasteiger partial charge in [0.2, 0.25) is 0 Å². The fraction of sp³-hybridized carbons (Fsp3) is 0.364. The van der Waals surface area contributed by atoms with Crippen molar-refractivity contribution in [2.24, 2.45) is 0 Å². The Morgan fingerprint density at radius 2 is 2.06 bits per heavy atom. The average molecular weight is 272 g/mol. The van der Waals surface area contributed by atoms with Gasteiger partial charge in [-0.3, -0.25) is 4.79 Å². The number of hydrogen-bond donors (Lipinski definition) is 2. The zero-order valence-corrected chi connectivity index (χ0v) is 10.9. The van der Waals surface area contributed by atoms with Crippen molar-refractivity contribution in [3.63, 3.8) is 0 Å². The van der Waals surface area contributed by atoms with E-state index in [1.165, 1.54) is 0 Å². The van der Waals surface area contributed by atoms with E-state index in [9.17, 15) is 9.36 Å². The summed E-state index contributed by atoms with van der Waals surface area (Å²) in [5, 5.41) is 2.58. The van der Waals surface area contributed by atoms with E-state index in [1.807, 2.05) is 24.3 Å². The Balaban J connectivity index is 2.24. The minimum atomic E-state index is -2.72. The summed E-state index contributed by atoms with van der Waals surface area (Å²) in [6, 6.07) is 7.51. The highest BCUT2D eigenvalue weighted by Crippen LogP contribution is 2.13. The van der Waals surface area contributed by atoms with E-state index in [2.05, 4.69) is 9.84 Å². The van der Waals surface area contributed by atoms with Gasteiger partial charge in [0.15, 0.2) is 6.61 Å². The van der Waals surface area contributed by atoms with Crippen molar-refractivity contribution in [3.05, 3.63) is 29.8 Å². The minimum absolute atomic E-state index is 0.408. The number of benzene rings is 1. The van der Waals surface area contributed by atoms with Crippen LogP contribution in [0.25, 0.3) is 0 Å². The van der Waals surface area contributed by atoms with Crippen molar-refractivity contribution in [2.45, 2.75) is 6.42 Å². The zero-order chi connectivity index (χ0) is 13.4. The molecule has 18 heavy (non-hydrogen) atoms. The summed E-state index contributed by atoms with van der Waals surface area (Å²) in [5.41, 5.74) is 1.06. The zero-order valence-electron chi connectivity index (χ0n) is 9.96. The number of methoxy groups -OCH3 is 1. The smallest absolute Gasteiger partial charge is 0.497 e. The fourth-order valence-electron chi connectivity index (χ4n) is 1.30. The third-order valence-corrected chi connectivity index (χ3v) is 2.55. The summed E-state index contributed by atoms with van der Waals surface area (Å²) >= 11 is 0. The number of hydrogen-bond acceptors (Lipinski definition) is 4. The first-order chi connectivity index (χ1) is 8.61. The Labute approximate surface area is 106 Å². The first-order valence-electron chi connectivity index (χ1n) is 5.30. The number of amides is 1. The third-order valence-electron chi connectivity index (χ3n) is 2.20. The van der Waals surface area contributed by atoms with Gasteiger partial charge in [0.25, 0.3) is 5.91 Å². The quantitative estimate of drug-likeness (QED) is 0.724. The number of nitrogens with one attached hydrogen (secondary N) is 1. The van der Waals surface area contributed by atoms with Crippen molar-refractivity contribution in [1.82, 2.24) is 5.32 Å². The lowest BCUT2D eigenvalue weighted by Crippen LogP contribution is -2.28. The SMILES string of the molecule is COc1ccc(CCNC(=O)CO[P+](=O)O)cc1. The van der Waals surface area contributed by atoms with Crippen LogP contribution in [0.3, 0.4) is 0 Å². The molecule has 7 heteroatoms. The largest absolute Gasteiger partial charge is 0.695 e. The third kappa shape index (κ3) is 5.72. The summed E-state index contributed by atoms with van der Waals surface area (Å²) < 4.78 is 19.5. The lowest BCUT2D eigenvalue weighted by atomic mass is 10.1. The van der Waals surface area contributed by atoms with Crippen LogP contribution in [0.5, 0.6) is 5.75 Å². The predicted molar refractivity (Wildman–Crippen MR) is 65.5 cm³/mol. The van der Waals surface area contributed by atoms with Crippen LogP contribution < -0.4 is 10.1 Å².